The van der Waals surface area contributed by atoms with Crippen LogP contribution in [0.4, 0.5) is 5.82 Å². The molecule has 2 heterocycles. The third kappa shape index (κ3) is 2.15. The van der Waals surface area contributed by atoms with Crippen molar-refractivity contribution in [2.45, 2.75) is 12.5 Å². The lowest BCUT2D eigenvalue weighted by Crippen LogP contribution is -2.24. The molecule has 1 fully saturated rings. The van der Waals surface area contributed by atoms with E-state index in [1.54, 1.807) is 0 Å². The summed E-state index contributed by atoms with van der Waals surface area (Å²) in [6.45, 7) is 6.09. The zero-order valence-electron chi connectivity index (χ0n) is 10.8. The summed E-state index contributed by atoms with van der Waals surface area (Å²) in [6, 6.07) is 0. The summed E-state index contributed by atoms with van der Waals surface area (Å²) in [5.41, 5.74) is 9.03. The Morgan fingerprint density at radius 2 is 2.32 bits per heavy atom. The molecule has 3 rings (SSSR count). The predicted octanol–water partition coefficient (Wildman–Crippen LogP) is 0.477. The van der Waals surface area contributed by atoms with Gasteiger partial charge in [0.25, 0.3) is 0 Å². The van der Waals surface area contributed by atoms with E-state index in [9.17, 15) is 5.11 Å². The maximum atomic E-state index is 9.89. The highest BCUT2D eigenvalue weighted by atomic mass is 16.3. The number of nitrogens with two attached hydrogens (primary N) is 1. The lowest BCUT2D eigenvalue weighted by molar-refractivity contribution is 0.159. The SMILES string of the molecule is C=C[C@H]1CN(CC2=CCc3c(N)ncnc32)C[C@@H]1O. The fraction of sp³-hybridized carbons (Fsp3) is 0.429. The zero-order valence-corrected chi connectivity index (χ0v) is 10.8. The summed E-state index contributed by atoms with van der Waals surface area (Å²) in [6.07, 6.45) is 6.00. The molecule has 1 aromatic rings. The van der Waals surface area contributed by atoms with Crippen LogP contribution >= 0.6 is 0 Å². The number of rotatable bonds is 3. The number of allylic oxidation sites excluding steroid dienone is 1. The molecule has 0 aromatic carbocycles. The number of β-amino-alcohol motifs (C(OH)–C–C–N with tert-alkyl or cyclic N) is 1. The number of likely N-dealkylation sites (tertiary alicyclic amines) is 1. The molecular formula is C14H18N4O. The molecule has 100 valence electrons. The normalized spacial score (nSPS) is 26.3. The average molecular weight is 258 g/mol. The Labute approximate surface area is 112 Å². The van der Waals surface area contributed by atoms with E-state index >= 15 is 0 Å². The van der Waals surface area contributed by atoms with Gasteiger partial charge in [0.2, 0.25) is 0 Å². The summed E-state index contributed by atoms with van der Waals surface area (Å²) in [7, 11) is 0. The van der Waals surface area contributed by atoms with Gasteiger partial charge in [-0.2, -0.15) is 0 Å². The minimum atomic E-state index is -0.311. The van der Waals surface area contributed by atoms with E-state index in [0.717, 1.165) is 30.8 Å². The number of hydrogen-bond donors (Lipinski definition) is 2. The first-order valence-electron chi connectivity index (χ1n) is 6.50. The van der Waals surface area contributed by atoms with Crippen LogP contribution in [0.1, 0.15) is 11.3 Å². The fourth-order valence-electron chi connectivity index (χ4n) is 2.86. The lowest BCUT2D eigenvalue weighted by Gasteiger charge is -2.16. The van der Waals surface area contributed by atoms with Crippen molar-refractivity contribution in [3.8, 4) is 0 Å². The quantitative estimate of drug-likeness (QED) is 0.771. The Morgan fingerprint density at radius 3 is 3.05 bits per heavy atom. The molecule has 0 bridgehead atoms. The monoisotopic (exact) mass is 258 g/mol. The van der Waals surface area contributed by atoms with Crippen LogP contribution in [-0.4, -0.2) is 45.7 Å². The molecule has 2 aliphatic rings. The van der Waals surface area contributed by atoms with Gasteiger partial charge in [-0.25, -0.2) is 9.97 Å². The van der Waals surface area contributed by atoms with E-state index in [1.807, 2.05) is 6.08 Å². The van der Waals surface area contributed by atoms with Crippen molar-refractivity contribution in [1.82, 2.24) is 14.9 Å². The summed E-state index contributed by atoms with van der Waals surface area (Å²) < 4.78 is 0. The van der Waals surface area contributed by atoms with Crippen molar-refractivity contribution < 1.29 is 5.11 Å². The summed E-state index contributed by atoms with van der Waals surface area (Å²) in [4.78, 5) is 10.6. The van der Waals surface area contributed by atoms with Crippen LogP contribution in [-0.2, 0) is 6.42 Å². The van der Waals surface area contributed by atoms with Gasteiger partial charge in [-0.3, -0.25) is 4.90 Å². The van der Waals surface area contributed by atoms with Gasteiger partial charge >= 0.3 is 0 Å². The van der Waals surface area contributed by atoms with Crippen LogP contribution < -0.4 is 5.73 Å². The number of aliphatic hydroxyl groups is 1. The standard InChI is InChI=1S/C14H18N4O/c1-2-9-5-18(7-12(9)19)6-10-3-4-11-13(10)16-8-17-14(11)15/h2-3,8-9,12,19H,1,4-7H2,(H2,15,16,17)/t9-,12-/m0/s1. The topological polar surface area (TPSA) is 75.3 Å². The summed E-state index contributed by atoms with van der Waals surface area (Å²) >= 11 is 0. The smallest absolute Gasteiger partial charge is 0.130 e. The number of nitrogen functional groups attached to an aromatic ring is 1. The lowest BCUT2D eigenvalue weighted by atomic mass is 10.1. The Balaban J connectivity index is 1.74. The number of aromatic nitrogens is 2. The van der Waals surface area contributed by atoms with Gasteiger partial charge < -0.3 is 10.8 Å². The molecule has 3 N–H and O–H groups in total. The molecule has 1 aromatic heterocycles. The summed E-state index contributed by atoms with van der Waals surface area (Å²) in [5.74, 6) is 0.735. The van der Waals surface area contributed by atoms with Gasteiger partial charge in [0.15, 0.2) is 0 Å². The van der Waals surface area contributed by atoms with Crippen molar-refractivity contribution >= 4 is 11.4 Å². The predicted molar refractivity (Wildman–Crippen MR) is 74.3 cm³/mol. The second kappa shape index (κ2) is 4.75. The number of fused-ring (bicyclic) bond motifs is 1. The van der Waals surface area contributed by atoms with Gasteiger partial charge in [-0.15, -0.1) is 6.58 Å². The molecule has 1 saturated heterocycles. The number of anilines is 1. The minimum Gasteiger partial charge on any atom is -0.391 e. The maximum absolute atomic E-state index is 9.89. The first-order valence-corrected chi connectivity index (χ1v) is 6.50. The highest BCUT2D eigenvalue weighted by molar-refractivity contribution is 5.74. The van der Waals surface area contributed by atoms with Crippen molar-refractivity contribution in [3.63, 3.8) is 0 Å². The third-order valence-electron chi connectivity index (χ3n) is 3.94. The number of aliphatic hydroxyl groups excluding tert-OH is 1. The second-order valence-corrected chi connectivity index (χ2v) is 5.18. The molecule has 0 radical (unpaired) electrons. The van der Waals surface area contributed by atoms with E-state index < -0.39 is 0 Å². The van der Waals surface area contributed by atoms with Gasteiger partial charge in [0, 0.05) is 31.1 Å². The second-order valence-electron chi connectivity index (χ2n) is 5.18. The van der Waals surface area contributed by atoms with Crippen molar-refractivity contribution in [3.05, 3.63) is 36.3 Å². The Kier molecular flexibility index (Phi) is 3.08. The van der Waals surface area contributed by atoms with Crippen LogP contribution in [0.2, 0.25) is 0 Å². The van der Waals surface area contributed by atoms with Gasteiger partial charge in [-0.05, 0) is 12.0 Å². The van der Waals surface area contributed by atoms with E-state index in [0.29, 0.717) is 12.4 Å². The maximum Gasteiger partial charge on any atom is 0.130 e. The van der Waals surface area contributed by atoms with E-state index in [2.05, 4.69) is 27.5 Å². The first kappa shape index (κ1) is 12.3. The van der Waals surface area contributed by atoms with E-state index in [-0.39, 0.29) is 12.0 Å². The number of hydrogen-bond acceptors (Lipinski definition) is 5. The Bertz CT molecular complexity index is 540. The van der Waals surface area contributed by atoms with Crippen LogP contribution in [0, 0.1) is 5.92 Å². The molecule has 0 amide bonds. The zero-order chi connectivity index (χ0) is 13.4. The van der Waals surface area contributed by atoms with Crippen LogP contribution in [0.3, 0.4) is 0 Å². The fourth-order valence-corrected chi connectivity index (χ4v) is 2.86. The number of nitrogens with zero attached hydrogens (tertiary/aromatic N) is 3. The largest absolute Gasteiger partial charge is 0.391 e. The van der Waals surface area contributed by atoms with Crippen molar-refractivity contribution in [1.29, 1.82) is 0 Å². The average Bonchev–Trinajstić information content (AvgIpc) is 2.95. The molecule has 0 spiro atoms. The Hall–Kier alpha value is -1.72. The van der Waals surface area contributed by atoms with Crippen LogP contribution in [0.15, 0.2) is 25.1 Å². The van der Waals surface area contributed by atoms with Gasteiger partial charge in [0.05, 0.1) is 11.8 Å². The first-order chi connectivity index (χ1) is 9.19. The molecule has 0 unspecified atom stereocenters. The summed E-state index contributed by atoms with van der Waals surface area (Å²) in [5, 5.41) is 9.89. The van der Waals surface area contributed by atoms with Gasteiger partial charge in [-0.1, -0.05) is 12.2 Å². The van der Waals surface area contributed by atoms with E-state index in [4.69, 9.17) is 5.73 Å². The Morgan fingerprint density at radius 1 is 1.47 bits per heavy atom. The minimum absolute atomic E-state index is 0.164. The molecule has 2 atom stereocenters. The third-order valence-corrected chi connectivity index (χ3v) is 3.94. The van der Waals surface area contributed by atoms with Crippen molar-refractivity contribution in [2.24, 2.45) is 5.92 Å². The van der Waals surface area contributed by atoms with Crippen LogP contribution in [0.25, 0.3) is 5.57 Å². The molecule has 5 nitrogen and oxygen atoms in total. The van der Waals surface area contributed by atoms with Gasteiger partial charge in [0.1, 0.15) is 12.1 Å². The molecule has 5 heteroatoms. The molecular weight excluding hydrogens is 240 g/mol. The van der Waals surface area contributed by atoms with Crippen LogP contribution in [0.5, 0.6) is 0 Å². The van der Waals surface area contributed by atoms with E-state index in [1.165, 1.54) is 11.9 Å². The molecule has 1 aliphatic carbocycles. The molecule has 19 heavy (non-hydrogen) atoms. The molecule has 1 aliphatic heterocycles. The highest BCUT2D eigenvalue weighted by Crippen LogP contribution is 2.30. The van der Waals surface area contributed by atoms with Crippen molar-refractivity contribution in [2.75, 3.05) is 25.4 Å². The highest BCUT2D eigenvalue weighted by Gasteiger charge is 2.30. The molecule has 0 saturated carbocycles.